The molecule has 0 unspecified atom stereocenters. The highest BCUT2D eigenvalue weighted by molar-refractivity contribution is 7.86. The van der Waals surface area contributed by atoms with Gasteiger partial charge >= 0.3 is 0 Å². The van der Waals surface area contributed by atoms with Gasteiger partial charge < -0.3 is 4.42 Å². The van der Waals surface area contributed by atoms with E-state index in [1.807, 2.05) is 0 Å². The molecule has 0 saturated carbocycles. The lowest BCUT2D eigenvalue weighted by Gasteiger charge is -2.02. The third-order valence-corrected chi connectivity index (χ3v) is 3.29. The molecule has 0 amide bonds. The van der Waals surface area contributed by atoms with E-state index in [1.54, 1.807) is 12.1 Å². The topological polar surface area (TPSA) is 69.4 Å². The summed E-state index contributed by atoms with van der Waals surface area (Å²) < 4.78 is 32.4. The number of hydrogen-bond donors (Lipinski definition) is 0. The fourth-order valence-electron chi connectivity index (χ4n) is 1.25. The first kappa shape index (κ1) is 10.8. The first-order valence-corrected chi connectivity index (χ1v) is 5.85. The molecule has 0 aliphatic rings. The molecule has 1 heterocycles. The highest BCUT2D eigenvalue weighted by atomic mass is 32.2. The Balaban J connectivity index is 2.50. The number of nitrogens with zero attached hydrogens (tertiary/aromatic N) is 1. The highest BCUT2D eigenvalue weighted by Gasteiger charge is 2.14. The molecule has 0 bridgehead atoms. The van der Waals surface area contributed by atoms with Crippen molar-refractivity contribution in [2.45, 2.75) is 4.90 Å². The fourth-order valence-corrected chi connectivity index (χ4v) is 1.96. The van der Waals surface area contributed by atoms with E-state index in [9.17, 15) is 8.42 Å². The highest BCUT2D eigenvalue weighted by Crippen LogP contribution is 2.21. The Labute approximate surface area is 92.8 Å². The average Bonchev–Trinajstić information content (AvgIpc) is 2.83. The Morgan fingerprint density at radius 2 is 2.19 bits per heavy atom. The van der Waals surface area contributed by atoms with E-state index in [0.29, 0.717) is 11.5 Å². The molecule has 0 saturated heterocycles. The van der Waals surface area contributed by atoms with Gasteiger partial charge in [0.1, 0.15) is 6.26 Å². The molecule has 0 spiro atoms. The third kappa shape index (κ3) is 1.98. The molecule has 0 aliphatic heterocycles. The van der Waals surface area contributed by atoms with Crippen LogP contribution in [0, 0.1) is 0 Å². The Kier molecular flexibility index (Phi) is 2.76. The lowest BCUT2D eigenvalue weighted by atomic mass is 10.2. The summed E-state index contributed by atoms with van der Waals surface area (Å²) in [5.74, 6) is 0.369. The molecule has 1 aromatic carbocycles. The first-order chi connectivity index (χ1) is 7.63. The standard InChI is InChI=1S/C10H9NO4S/c1-14-16(12,13)9-4-2-3-8(7-9)10-11-5-6-15-10/h2-7H,1H3. The minimum absolute atomic E-state index is 0.0747. The molecule has 0 atom stereocenters. The van der Waals surface area contributed by atoms with Crippen LogP contribution < -0.4 is 0 Å². The van der Waals surface area contributed by atoms with Gasteiger partial charge in [-0.2, -0.15) is 8.42 Å². The quantitative estimate of drug-likeness (QED) is 0.762. The minimum atomic E-state index is -3.68. The van der Waals surface area contributed by atoms with Crippen molar-refractivity contribution in [2.75, 3.05) is 7.11 Å². The molecule has 0 N–H and O–H groups in total. The van der Waals surface area contributed by atoms with Gasteiger partial charge in [0.05, 0.1) is 18.2 Å². The van der Waals surface area contributed by atoms with E-state index < -0.39 is 10.1 Å². The van der Waals surface area contributed by atoms with Gasteiger partial charge in [-0.25, -0.2) is 4.98 Å². The lowest BCUT2D eigenvalue weighted by Crippen LogP contribution is -2.02. The van der Waals surface area contributed by atoms with E-state index in [1.165, 1.54) is 24.6 Å². The molecule has 1 aromatic heterocycles. The second-order valence-corrected chi connectivity index (χ2v) is 4.70. The van der Waals surface area contributed by atoms with Crippen LogP contribution in [-0.2, 0) is 14.3 Å². The van der Waals surface area contributed by atoms with Gasteiger partial charge in [-0.05, 0) is 18.2 Å². The second-order valence-electron chi connectivity index (χ2n) is 2.99. The molecule has 5 nitrogen and oxygen atoms in total. The van der Waals surface area contributed by atoms with E-state index >= 15 is 0 Å². The van der Waals surface area contributed by atoms with E-state index in [4.69, 9.17) is 4.42 Å². The summed E-state index contributed by atoms with van der Waals surface area (Å²) >= 11 is 0. The van der Waals surface area contributed by atoms with Crippen molar-refractivity contribution >= 4 is 10.1 Å². The molecule has 2 rings (SSSR count). The zero-order valence-corrected chi connectivity index (χ0v) is 9.27. The lowest BCUT2D eigenvalue weighted by molar-refractivity contribution is 0.398. The number of benzene rings is 1. The third-order valence-electron chi connectivity index (χ3n) is 2.02. The SMILES string of the molecule is COS(=O)(=O)c1cccc(-c2ncco2)c1. The van der Waals surface area contributed by atoms with Crippen molar-refractivity contribution in [3.8, 4) is 11.5 Å². The van der Waals surface area contributed by atoms with E-state index in [0.717, 1.165) is 7.11 Å². The monoisotopic (exact) mass is 239 g/mol. The summed E-state index contributed by atoms with van der Waals surface area (Å²) in [6.45, 7) is 0. The van der Waals surface area contributed by atoms with Gasteiger partial charge in [-0.1, -0.05) is 6.07 Å². The van der Waals surface area contributed by atoms with Gasteiger partial charge in [0, 0.05) is 5.56 Å². The maximum absolute atomic E-state index is 11.4. The van der Waals surface area contributed by atoms with Crippen LogP contribution in [0.4, 0.5) is 0 Å². The Morgan fingerprint density at radius 3 is 2.81 bits per heavy atom. The Hall–Kier alpha value is -1.66. The molecule has 2 aromatic rings. The van der Waals surface area contributed by atoms with E-state index in [2.05, 4.69) is 9.17 Å². The molecule has 0 radical (unpaired) electrons. The van der Waals surface area contributed by atoms with Gasteiger partial charge in [-0.15, -0.1) is 0 Å². The van der Waals surface area contributed by atoms with Crippen LogP contribution in [0.3, 0.4) is 0 Å². The van der Waals surface area contributed by atoms with Crippen LogP contribution in [0.2, 0.25) is 0 Å². The summed E-state index contributed by atoms with van der Waals surface area (Å²) in [6.07, 6.45) is 2.92. The van der Waals surface area contributed by atoms with Crippen molar-refractivity contribution in [2.24, 2.45) is 0 Å². The van der Waals surface area contributed by atoms with Crippen molar-refractivity contribution < 1.29 is 17.0 Å². The van der Waals surface area contributed by atoms with Crippen molar-refractivity contribution in [3.05, 3.63) is 36.7 Å². The molecular weight excluding hydrogens is 230 g/mol. The maximum atomic E-state index is 11.4. The normalized spacial score (nSPS) is 11.6. The summed E-state index contributed by atoms with van der Waals surface area (Å²) in [4.78, 5) is 4.01. The molecule has 6 heteroatoms. The second kappa shape index (κ2) is 4.07. The van der Waals surface area contributed by atoms with Crippen molar-refractivity contribution in [1.29, 1.82) is 0 Å². The van der Waals surface area contributed by atoms with Gasteiger partial charge in [0.25, 0.3) is 10.1 Å². The van der Waals surface area contributed by atoms with Gasteiger partial charge in [-0.3, -0.25) is 4.18 Å². The van der Waals surface area contributed by atoms with Crippen LogP contribution in [-0.4, -0.2) is 20.5 Å². The largest absolute Gasteiger partial charge is 0.445 e. The minimum Gasteiger partial charge on any atom is -0.445 e. The van der Waals surface area contributed by atoms with Gasteiger partial charge in [0.15, 0.2) is 0 Å². The van der Waals surface area contributed by atoms with Crippen LogP contribution in [0.15, 0.2) is 46.0 Å². The summed E-state index contributed by atoms with van der Waals surface area (Å²) in [7, 11) is -2.56. The number of oxazole rings is 1. The number of rotatable bonds is 3. The number of aromatic nitrogens is 1. The van der Waals surface area contributed by atoms with Crippen LogP contribution in [0.25, 0.3) is 11.5 Å². The van der Waals surface area contributed by atoms with E-state index in [-0.39, 0.29) is 4.90 Å². The Bertz CT molecular complexity index is 575. The first-order valence-electron chi connectivity index (χ1n) is 4.44. The molecule has 0 fully saturated rings. The summed E-state index contributed by atoms with van der Waals surface area (Å²) in [6, 6.07) is 6.21. The molecule has 16 heavy (non-hydrogen) atoms. The summed E-state index contributed by atoms with van der Waals surface area (Å²) in [5, 5.41) is 0. The van der Waals surface area contributed by atoms with Crippen molar-refractivity contribution in [3.63, 3.8) is 0 Å². The zero-order valence-electron chi connectivity index (χ0n) is 8.45. The Morgan fingerprint density at radius 1 is 1.38 bits per heavy atom. The van der Waals surface area contributed by atoms with Crippen molar-refractivity contribution in [1.82, 2.24) is 4.98 Å². The van der Waals surface area contributed by atoms with Crippen LogP contribution in [0.5, 0.6) is 0 Å². The molecule has 0 aliphatic carbocycles. The van der Waals surface area contributed by atoms with Crippen LogP contribution in [0.1, 0.15) is 0 Å². The maximum Gasteiger partial charge on any atom is 0.296 e. The number of hydrogen-bond acceptors (Lipinski definition) is 5. The van der Waals surface area contributed by atoms with Gasteiger partial charge in [0.2, 0.25) is 5.89 Å². The van der Waals surface area contributed by atoms with Crippen LogP contribution >= 0.6 is 0 Å². The molecular formula is C10H9NO4S. The summed E-state index contributed by atoms with van der Waals surface area (Å²) in [5.41, 5.74) is 0.586. The predicted molar refractivity (Wildman–Crippen MR) is 56.1 cm³/mol. The average molecular weight is 239 g/mol. The fraction of sp³-hybridized carbons (Fsp3) is 0.100. The zero-order chi connectivity index (χ0) is 11.6. The smallest absolute Gasteiger partial charge is 0.296 e. The predicted octanol–water partition coefficient (Wildman–Crippen LogP) is 1.68. The molecule has 84 valence electrons.